The molecule has 2 heterocycles. The third-order valence-electron chi connectivity index (χ3n) is 2.12. The van der Waals surface area contributed by atoms with Crippen LogP contribution in [0.25, 0.3) is 5.65 Å². The van der Waals surface area contributed by atoms with Crippen molar-refractivity contribution in [3.05, 3.63) is 23.5 Å². The van der Waals surface area contributed by atoms with Gasteiger partial charge in [-0.2, -0.15) is 14.9 Å². The number of nitrogens with one attached hydrogen (secondary N) is 1. The van der Waals surface area contributed by atoms with E-state index in [0.717, 1.165) is 5.69 Å². The number of rotatable bonds is 3. The summed E-state index contributed by atoms with van der Waals surface area (Å²) < 4.78 is 13.6. The van der Waals surface area contributed by atoms with Crippen molar-refractivity contribution in [3.8, 4) is 6.07 Å². The number of nitrogens with zero attached hydrogens (tertiary/aromatic N) is 4. The Kier molecular flexibility index (Phi) is 2.68. The second-order valence-corrected chi connectivity index (χ2v) is 3.30. The van der Waals surface area contributed by atoms with E-state index in [4.69, 9.17) is 5.26 Å². The van der Waals surface area contributed by atoms with Gasteiger partial charge < -0.3 is 5.32 Å². The molecule has 6 heteroatoms. The van der Waals surface area contributed by atoms with Crippen molar-refractivity contribution in [1.82, 2.24) is 14.6 Å². The van der Waals surface area contributed by atoms with E-state index in [1.807, 2.05) is 13.0 Å². The van der Waals surface area contributed by atoms with Gasteiger partial charge in [-0.3, -0.25) is 0 Å². The zero-order valence-corrected chi connectivity index (χ0v) is 8.74. The number of aryl methyl sites for hydroxylation is 1. The van der Waals surface area contributed by atoms with Crippen LogP contribution in [-0.2, 0) is 0 Å². The Labute approximate surface area is 91.5 Å². The van der Waals surface area contributed by atoms with Gasteiger partial charge in [0.05, 0.1) is 6.20 Å². The molecule has 0 aliphatic rings. The molecule has 0 aliphatic heterocycles. The summed E-state index contributed by atoms with van der Waals surface area (Å²) in [4.78, 5) is 4.22. The van der Waals surface area contributed by atoms with E-state index < -0.39 is 6.67 Å². The van der Waals surface area contributed by atoms with Crippen LogP contribution >= 0.6 is 0 Å². The lowest BCUT2D eigenvalue weighted by Gasteiger charge is -2.07. The molecule has 82 valence electrons. The Bertz CT molecular complexity index is 554. The third kappa shape index (κ3) is 1.67. The quantitative estimate of drug-likeness (QED) is 0.843. The number of nitriles is 1. The number of hydrogen-bond donors (Lipinski definition) is 1. The molecule has 0 aromatic carbocycles. The van der Waals surface area contributed by atoms with Gasteiger partial charge >= 0.3 is 0 Å². The second kappa shape index (κ2) is 4.14. The molecule has 1 N–H and O–H groups in total. The topological polar surface area (TPSA) is 66.0 Å². The minimum atomic E-state index is -0.463. The molecule has 0 aliphatic carbocycles. The molecule has 0 fully saturated rings. The van der Waals surface area contributed by atoms with Crippen molar-refractivity contribution >= 4 is 11.5 Å². The number of anilines is 1. The molecular weight excluding hydrogens is 208 g/mol. The van der Waals surface area contributed by atoms with Crippen molar-refractivity contribution in [3.63, 3.8) is 0 Å². The summed E-state index contributed by atoms with van der Waals surface area (Å²) in [5, 5.41) is 15.8. The summed E-state index contributed by atoms with van der Waals surface area (Å²) in [6.07, 6.45) is 1.45. The maximum atomic E-state index is 12.1. The zero-order valence-electron chi connectivity index (χ0n) is 8.74. The smallest absolute Gasteiger partial charge is 0.175 e. The highest BCUT2D eigenvalue weighted by atomic mass is 18.2. The van der Waals surface area contributed by atoms with Crippen LogP contribution in [0.5, 0.6) is 0 Å². The minimum Gasteiger partial charge on any atom is -0.367 e. The van der Waals surface area contributed by atoms with Gasteiger partial charge in [0.25, 0.3) is 0 Å². The van der Waals surface area contributed by atoms with Gasteiger partial charge in [-0.15, -0.1) is 0 Å². The van der Waals surface area contributed by atoms with Crippen LogP contribution in [0.15, 0.2) is 12.3 Å². The Morgan fingerprint density at radius 2 is 2.44 bits per heavy atom. The van der Waals surface area contributed by atoms with Crippen LogP contribution in [0.1, 0.15) is 11.3 Å². The minimum absolute atomic E-state index is 0.209. The summed E-state index contributed by atoms with van der Waals surface area (Å²) in [5.74, 6) is 0.640. The normalized spacial score (nSPS) is 10.3. The first-order valence-electron chi connectivity index (χ1n) is 4.81. The molecule has 0 amide bonds. The van der Waals surface area contributed by atoms with Crippen LogP contribution in [0.2, 0.25) is 0 Å². The summed E-state index contributed by atoms with van der Waals surface area (Å²) in [5.41, 5.74) is 1.65. The largest absolute Gasteiger partial charge is 0.367 e. The van der Waals surface area contributed by atoms with E-state index >= 15 is 0 Å². The van der Waals surface area contributed by atoms with Gasteiger partial charge in [-0.05, 0) is 6.92 Å². The van der Waals surface area contributed by atoms with Gasteiger partial charge in [0.2, 0.25) is 0 Å². The van der Waals surface area contributed by atoms with Crippen LogP contribution < -0.4 is 5.32 Å². The van der Waals surface area contributed by atoms with Gasteiger partial charge in [0.15, 0.2) is 5.65 Å². The fraction of sp³-hybridized carbons (Fsp3) is 0.300. The van der Waals surface area contributed by atoms with Crippen LogP contribution in [0.3, 0.4) is 0 Å². The van der Waals surface area contributed by atoms with Gasteiger partial charge in [0.1, 0.15) is 24.1 Å². The molecule has 0 radical (unpaired) electrons. The maximum Gasteiger partial charge on any atom is 0.175 e. The fourth-order valence-electron chi connectivity index (χ4n) is 1.46. The fourth-order valence-corrected chi connectivity index (χ4v) is 1.46. The summed E-state index contributed by atoms with van der Waals surface area (Å²) in [6, 6.07) is 3.77. The van der Waals surface area contributed by atoms with Crippen LogP contribution in [0, 0.1) is 18.3 Å². The lowest BCUT2D eigenvalue weighted by molar-refractivity contribution is 0.512. The number of halogens is 1. The molecule has 5 nitrogen and oxygen atoms in total. The molecule has 2 rings (SSSR count). The van der Waals surface area contributed by atoms with Crippen LogP contribution in [-0.4, -0.2) is 27.8 Å². The van der Waals surface area contributed by atoms with Gasteiger partial charge in [-0.25, -0.2) is 9.37 Å². The van der Waals surface area contributed by atoms with Crippen LogP contribution in [0.4, 0.5) is 10.2 Å². The number of fused-ring (bicyclic) bond motifs is 1. The standard InChI is InChI=1S/C10H10FN5/c1-7-4-9(13-3-2-11)16-10(15-7)8(5-12)6-14-16/h4,6,13H,2-3H2,1H3/i11-1. The van der Waals surface area contributed by atoms with Crippen molar-refractivity contribution in [2.75, 3.05) is 18.5 Å². The van der Waals surface area contributed by atoms with Crippen molar-refractivity contribution in [2.24, 2.45) is 0 Å². The predicted molar refractivity (Wildman–Crippen MR) is 56.9 cm³/mol. The summed E-state index contributed by atoms with van der Waals surface area (Å²) in [7, 11) is 0. The van der Waals surface area contributed by atoms with E-state index in [-0.39, 0.29) is 6.54 Å². The molecule has 2 aromatic heterocycles. The first-order chi connectivity index (χ1) is 7.76. The molecule has 0 spiro atoms. The van der Waals surface area contributed by atoms with Crippen molar-refractivity contribution in [2.45, 2.75) is 6.92 Å². The molecular formula is C10H10FN5. The number of hydrogen-bond acceptors (Lipinski definition) is 4. The van der Waals surface area contributed by atoms with E-state index in [1.165, 1.54) is 10.7 Å². The SMILES string of the molecule is Cc1cc(NCC[18F])n2ncc(C#N)c2n1. The first kappa shape index (κ1) is 10.4. The lowest BCUT2D eigenvalue weighted by Crippen LogP contribution is -2.09. The van der Waals surface area contributed by atoms with E-state index in [1.54, 1.807) is 6.07 Å². The summed E-state index contributed by atoms with van der Waals surface area (Å²) >= 11 is 0. The van der Waals surface area contributed by atoms with E-state index in [2.05, 4.69) is 15.4 Å². The molecule has 2 aromatic rings. The number of aromatic nitrogens is 3. The average Bonchev–Trinajstić information content (AvgIpc) is 2.68. The van der Waals surface area contributed by atoms with Crippen molar-refractivity contribution < 1.29 is 4.39 Å². The number of alkyl halides is 1. The van der Waals surface area contributed by atoms with Gasteiger partial charge in [-0.1, -0.05) is 0 Å². The second-order valence-electron chi connectivity index (χ2n) is 3.30. The lowest BCUT2D eigenvalue weighted by atomic mass is 10.3. The zero-order chi connectivity index (χ0) is 11.5. The first-order valence-corrected chi connectivity index (χ1v) is 4.81. The summed E-state index contributed by atoms with van der Waals surface area (Å²) in [6.45, 7) is 1.56. The van der Waals surface area contributed by atoms with E-state index in [9.17, 15) is 4.39 Å². The molecule has 0 unspecified atom stereocenters. The monoisotopic (exact) mass is 218 g/mol. The van der Waals surface area contributed by atoms with Crippen molar-refractivity contribution in [1.29, 1.82) is 5.26 Å². The van der Waals surface area contributed by atoms with E-state index in [0.29, 0.717) is 17.0 Å². The van der Waals surface area contributed by atoms with Gasteiger partial charge in [0, 0.05) is 18.3 Å². The molecule has 16 heavy (non-hydrogen) atoms. The Balaban J connectivity index is 2.56. The molecule has 0 atom stereocenters. The molecule has 0 saturated carbocycles. The average molecular weight is 218 g/mol. The highest BCUT2D eigenvalue weighted by Crippen LogP contribution is 2.14. The Morgan fingerprint density at radius 3 is 3.12 bits per heavy atom. The maximum absolute atomic E-state index is 12.1. The predicted octanol–water partition coefficient (Wildman–Crippen LogP) is 1.29. The Morgan fingerprint density at radius 1 is 1.62 bits per heavy atom. The highest BCUT2D eigenvalue weighted by Gasteiger charge is 2.09. The highest BCUT2D eigenvalue weighted by molar-refractivity contribution is 5.58. The molecule has 0 saturated heterocycles. The Hall–Kier alpha value is -2.16. The molecule has 0 bridgehead atoms. The third-order valence-corrected chi connectivity index (χ3v) is 2.12.